The lowest BCUT2D eigenvalue weighted by Gasteiger charge is -2.32. The van der Waals surface area contributed by atoms with E-state index in [0.29, 0.717) is 12.1 Å². The topological polar surface area (TPSA) is 86.6 Å². The van der Waals surface area contributed by atoms with Crippen LogP contribution in [0, 0.1) is 0 Å². The molecule has 8 heteroatoms. The Morgan fingerprint density at radius 3 is 2.69 bits per heavy atom. The van der Waals surface area contributed by atoms with Crippen molar-refractivity contribution in [2.75, 3.05) is 7.05 Å². The second-order valence-corrected chi connectivity index (χ2v) is 7.86. The van der Waals surface area contributed by atoms with Crippen LogP contribution in [0.4, 0.5) is 4.79 Å². The van der Waals surface area contributed by atoms with Crippen molar-refractivity contribution in [2.45, 2.75) is 30.3 Å². The molecule has 1 aromatic heterocycles. The highest BCUT2D eigenvalue weighted by Crippen LogP contribution is 2.48. The average molecular weight is 417 g/mol. The molecule has 2 aliphatic heterocycles. The number of aromatic nitrogens is 1. The highest BCUT2D eigenvalue weighted by Gasteiger charge is 2.63. The van der Waals surface area contributed by atoms with E-state index in [4.69, 9.17) is 0 Å². The molecule has 3 amide bonds. The van der Waals surface area contributed by atoms with Gasteiger partial charge in [0.05, 0.1) is 16.7 Å². The second kappa shape index (κ2) is 5.11. The highest BCUT2D eigenvalue weighted by molar-refractivity contribution is 9.10. The van der Waals surface area contributed by atoms with Crippen molar-refractivity contribution in [1.29, 1.82) is 0 Å². The van der Waals surface area contributed by atoms with Gasteiger partial charge in [0, 0.05) is 19.0 Å². The van der Waals surface area contributed by atoms with Gasteiger partial charge in [0.15, 0.2) is 5.72 Å². The zero-order chi connectivity index (χ0) is 18.2. The molecule has 0 unspecified atom stereocenters. The molecule has 134 valence electrons. The summed E-state index contributed by atoms with van der Waals surface area (Å²) in [7, 11) is 1.58. The van der Waals surface area contributed by atoms with E-state index in [2.05, 4.69) is 26.6 Å². The fraction of sp³-hybridized carbons (Fsp3) is 0.333. The third kappa shape index (κ3) is 1.86. The van der Waals surface area contributed by atoms with Crippen LogP contribution in [0.15, 0.2) is 41.0 Å². The van der Waals surface area contributed by atoms with Gasteiger partial charge in [0.2, 0.25) is 0 Å². The SMILES string of the molecule is CN1C(=O)N[C@H]2[C@@H]3NC(=O)c4cc(-c5ccccc5)c(Br)n4[C@@H]3C[C@]21O. The highest BCUT2D eigenvalue weighted by atomic mass is 79.9. The summed E-state index contributed by atoms with van der Waals surface area (Å²) in [6.07, 6.45) is 0.340. The number of likely N-dealkylation sites (N-methyl/N-ethyl adjacent to an activating group) is 1. The Kier molecular flexibility index (Phi) is 3.12. The van der Waals surface area contributed by atoms with Gasteiger partial charge in [-0.1, -0.05) is 30.3 Å². The Morgan fingerprint density at radius 1 is 1.23 bits per heavy atom. The zero-order valence-electron chi connectivity index (χ0n) is 13.9. The van der Waals surface area contributed by atoms with Crippen molar-refractivity contribution < 1.29 is 14.7 Å². The standard InChI is InChI=1S/C18H17BrN4O3/c1-22-17(25)21-14-13-12(8-18(14,22)26)23-11(16(24)20-13)7-10(15(23)19)9-5-3-2-4-6-9/h2-7,12-14,26H,8H2,1H3,(H,20,24)(H,21,25)/t12-,13-,14+,18+/m1/s1. The van der Waals surface area contributed by atoms with Crippen LogP contribution in [-0.4, -0.2) is 51.4 Å². The minimum Gasteiger partial charge on any atom is -0.368 e. The number of halogens is 1. The number of aliphatic hydroxyl groups is 1. The molecular formula is C18H17BrN4O3. The Hall–Kier alpha value is -2.32. The van der Waals surface area contributed by atoms with E-state index < -0.39 is 11.8 Å². The maximum absolute atomic E-state index is 12.7. The first-order valence-corrected chi connectivity index (χ1v) is 9.25. The van der Waals surface area contributed by atoms with Crippen molar-refractivity contribution in [3.63, 3.8) is 0 Å². The summed E-state index contributed by atoms with van der Waals surface area (Å²) >= 11 is 3.66. The van der Waals surface area contributed by atoms with Gasteiger partial charge in [-0.25, -0.2) is 4.79 Å². The first-order chi connectivity index (χ1) is 12.4. The molecule has 26 heavy (non-hydrogen) atoms. The summed E-state index contributed by atoms with van der Waals surface area (Å²) in [6.45, 7) is 0. The molecule has 0 spiro atoms. The maximum atomic E-state index is 12.7. The Labute approximate surface area is 158 Å². The lowest BCUT2D eigenvalue weighted by Crippen LogP contribution is -2.56. The van der Waals surface area contributed by atoms with E-state index in [9.17, 15) is 14.7 Å². The minimum absolute atomic E-state index is 0.160. The number of rotatable bonds is 1. The van der Waals surface area contributed by atoms with E-state index in [1.807, 2.05) is 41.0 Å². The molecule has 4 atom stereocenters. The molecular weight excluding hydrogens is 400 g/mol. The van der Waals surface area contributed by atoms with E-state index in [-0.39, 0.29) is 24.0 Å². The molecule has 2 fully saturated rings. The lowest BCUT2D eigenvalue weighted by molar-refractivity contribution is -0.0561. The molecule has 7 nitrogen and oxygen atoms in total. The number of fused-ring (bicyclic) bond motifs is 5. The van der Waals surface area contributed by atoms with Crippen molar-refractivity contribution in [1.82, 2.24) is 20.1 Å². The fourth-order valence-corrected chi connectivity index (χ4v) is 5.30. The zero-order valence-corrected chi connectivity index (χ0v) is 15.5. The maximum Gasteiger partial charge on any atom is 0.319 e. The van der Waals surface area contributed by atoms with Crippen LogP contribution in [0.25, 0.3) is 11.1 Å². The molecule has 0 radical (unpaired) electrons. The third-order valence-corrected chi connectivity index (χ3v) is 6.68. The molecule has 5 rings (SSSR count). The summed E-state index contributed by atoms with van der Waals surface area (Å²) in [4.78, 5) is 26.0. The van der Waals surface area contributed by atoms with Gasteiger partial charge < -0.3 is 20.3 Å². The fourth-order valence-electron chi connectivity index (χ4n) is 4.51. The first-order valence-electron chi connectivity index (χ1n) is 8.45. The summed E-state index contributed by atoms with van der Waals surface area (Å²) in [5.41, 5.74) is 1.16. The third-order valence-electron chi connectivity index (χ3n) is 5.87. The molecule has 3 N–H and O–H groups in total. The summed E-state index contributed by atoms with van der Waals surface area (Å²) < 4.78 is 2.75. The van der Waals surface area contributed by atoms with Crippen molar-refractivity contribution >= 4 is 27.9 Å². The number of amides is 3. The number of hydrogen-bond acceptors (Lipinski definition) is 3. The van der Waals surface area contributed by atoms with Crippen LogP contribution >= 0.6 is 15.9 Å². The van der Waals surface area contributed by atoms with E-state index in [1.165, 1.54) is 4.90 Å². The second-order valence-electron chi connectivity index (χ2n) is 7.11. The quantitative estimate of drug-likeness (QED) is 0.660. The van der Waals surface area contributed by atoms with Crippen LogP contribution in [0.5, 0.6) is 0 Å². The summed E-state index contributed by atoms with van der Waals surface area (Å²) in [5.74, 6) is -0.206. The molecule has 2 aromatic rings. The number of nitrogens with one attached hydrogen (secondary N) is 2. The number of urea groups is 1. The molecule has 3 heterocycles. The summed E-state index contributed by atoms with van der Waals surface area (Å²) in [5, 5.41) is 16.9. The van der Waals surface area contributed by atoms with Gasteiger partial charge in [-0.15, -0.1) is 0 Å². The largest absolute Gasteiger partial charge is 0.368 e. The lowest BCUT2D eigenvalue weighted by atomic mass is 10.1. The van der Waals surface area contributed by atoms with Crippen molar-refractivity contribution in [2.24, 2.45) is 0 Å². The number of hydrogen-bond donors (Lipinski definition) is 3. The smallest absolute Gasteiger partial charge is 0.319 e. The van der Waals surface area contributed by atoms with E-state index in [1.54, 1.807) is 7.05 Å². The molecule has 3 aliphatic rings. The molecule has 0 bridgehead atoms. The predicted molar refractivity (Wildman–Crippen MR) is 97.5 cm³/mol. The normalized spacial score (nSPS) is 32.0. The molecule has 1 saturated carbocycles. The van der Waals surface area contributed by atoms with Gasteiger partial charge in [-0.3, -0.25) is 9.69 Å². The van der Waals surface area contributed by atoms with Crippen LogP contribution in [-0.2, 0) is 0 Å². The monoisotopic (exact) mass is 416 g/mol. The van der Waals surface area contributed by atoms with E-state index in [0.717, 1.165) is 15.7 Å². The number of carbonyl (C=O) groups excluding carboxylic acids is 2. The van der Waals surface area contributed by atoms with Gasteiger partial charge in [-0.2, -0.15) is 0 Å². The number of benzene rings is 1. The van der Waals surface area contributed by atoms with Gasteiger partial charge in [0.1, 0.15) is 11.7 Å². The van der Waals surface area contributed by atoms with Gasteiger partial charge in [0.25, 0.3) is 5.91 Å². The molecule has 1 saturated heterocycles. The van der Waals surface area contributed by atoms with Crippen molar-refractivity contribution in [3.05, 3.63) is 46.7 Å². The molecule has 1 aromatic carbocycles. The Bertz CT molecular complexity index is 943. The number of carbonyl (C=O) groups is 2. The average Bonchev–Trinajstić information content (AvgIpc) is 3.19. The molecule has 1 aliphatic carbocycles. The van der Waals surface area contributed by atoms with Crippen LogP contribution in [0.3, 0.4) is 0 Å². The Balaban J connectivity index is 1.64. The van der Waals surface area contributed by atoms with Gasteiger partial charge in [-0.05, 0) is 27.6 Å². The van der Waals surface area contributed by atoms with Crippen LogP contribution < -0.4 is 10.6 Å². The van der Waals surface area contributed by atoms with Crippen molar-refractivity contribution in [3.8, 4) is 11.1 Å². The van der Waals surface area contributed by atoms with E-state index >= 15 is 0 Å². The van der Waals surface area contributed by atoms with Gasteiger partial charge >= 0.3 is 6.03 Å². The van der Waals surface area contributed by atoms with Crippen LogP contribution in [0.1, 0.15) is 23.0 Å². The Morgan fingerprint density at radius 2 is 1.96 bits per heavy atom. The summed E-state index contributed by atoms with van der Waals surface area (Å²) in [6, 6.07) is 10.3. The minimum atomic E-state index is -1.32. The first kappa shape index (κ1) is 15.9. The van der Waals surface area contributed by atoms with Crippen LogP contribution in [0.2, 0.25) is 0 Å². The number of nitrogens with zero attached hydrogens (tertiary/aromatic N) is 2. The predicted octanol–water partition coefficient (Wildman–Crippen LogP) is 1.69.